The van der Waals surface area contributed by atoms with E-state index in [1.54, 1.807) is 6.92 Å². The van der Waals surface area contributed by atoms with Gasteiger partial charge in [-0.15, -0.1) is 6.58 Å². The van der Waals surface area contributed by atoms with Crippen LogP contribution in [0.5, 0.6) is 0 Å². The van der Waals surface area contributed by atoms with Crippen LogP contribution >= 0.6 is 0 Å². The van der Waals surface area contributed by atoms with Crippen LogP contribution in [0.25, 0.3) is 0 Å². The molecule has 0 saturated carbocycles. The van der Waals surface area contributed by atoms with E-state index in [4.69, 9.17) is 0 Å². The number of rotatable bonds is 7. The largest absolute Gasteiger partial charge is 0.311 e. The lowest BCUT2D eigenvalue weighted by molar-refractivity contribution is 0.317. The Morgan fingerprint density at radius 3 is 2.12 bits per heavy atom. The zero-order chi connectivity index (χ0) is 13.7. The van der Waals surface area contributed by atoms with Crippen LogP contribution in [0.1, 0.15) is 41.0 Å². The second kappa shape index (κ2) is 6.01. The second-order valence-electron chi connectivity index (χ2n) is 5.95. The SMILES string of the molecule is C=CC(C)(CCS(=O)(=O)CC)CNC(C)(C)C. The molecule has 0 aliphatic carbocycles. The molecule has 0 aromatic carbocycles. The molecular weight excluding hydrogens is 234 g/mol. The van der Waals surface area contributed by atoms with Gasteiger partial charge in [0, 0.05) is 17.8 Å². The summed E-state index contributed by atoms with van der Waals surface area (Å²) in [7, 11) is -2.89. The maximum absolute atomic E-state index is 11.5. The fourth-order valence-corrected chi connectivity index (χ4v) is 2.33. The highest BCUT2D eigenvalue weighted by atomic mass is 32.2. The zero-order valence-corrected chi connectivity index (χ0v) is 12.7. The standard InChI is InChI=1S/C13H27NO2S/c1-7-13(6,11-14-12(3,4)5)9-10-17(15,16)8-2/h7,14H,1,8-11H2,2-6H3. The topological polar surface area (TPSA) is 46.2 Å². The molecule has 102 valence electrons. The number of hydrogen-bond donors (Lipinski definition) is 1. The fraction of sp³-hybridized carbons (Fsp3) is 0.846. The summed E-state index contributed by atoms with van der Waals surface area (Å²) in [5.41, 5.74) is -0.135. The van der Waals surface area contributed by atoms with Crippen LogP contribution in [-0.4, -0.2) is 32.0 Å². The Kier molecular flexibility index (Phi) is 5.88. The van der Waals surface area contributed by atoms with Crippen LogP contribution in [0.4, 0.5) is 0 Å². The van der Waals surface area contributed by atoms with Crippen molar-refractivity contribution in [3.63, 3.8) is 0 Å². The van der Waals surface area contributed by atoms with Crippen molar-refractivity contribution in [2.45, 2.75) is 46.6 Å². The Hall–Kier alpha value is -0.350. The fourth-order valence-electron chi connectivity index (χ4n) is 1.26. The molecule has 0 aliphatic rings. The van der Waals surface area contributed by atoms with Crippen LogP contribution in [0, 0.1) is 5.41 Å². The monoisotopic (exact) mass is 261 g/mol. The van der Waals surface area contributed by atoms with Gasteiger partial charge in [0.05, 0.1) is 5.75 Å². The Morgan fingerprint density at radius 1 is 1.24 bits per heavy atom. The smallest absolute Gasteiger partial charge is 0.150 e. The summed E-state index contributed by atoms with van der Waals surface area (Å²) in [6.07, 6.45) is 2.48. The van der Waals surface area contributed by atoms with Crippen LogP contribution in [0.15, 0.2) is 12.7 Å². The van der Waals surface area contributed by atoms with Gasteiger partial charge in [0.15, 0.2) is 0 Å². The van der Waals surface area contributed by atoms with Crippen LogP contribution in [-0.2, 0) is 9.84 Å². The van der Waals surface area contributed by atoms with Crippen molar-refractivity contribution in [1.82, 2.24) is 5.32 Å². The van der Waals surface area contributed by atoms with E-state index in [1.165, 1.54) is 0 Å². The predicted octanol–water partition coefficient (Wildman–Crippen LogP) is 2.39. The Morgan fingerprint density at radius 2 is 1.76 bits per heavy atom. The summed E-state index contributed by atoms with van der Waals surface area (Å²) >= 11 is 0. The van der Waals surface area contributed by atoms with Crippen molar-refractivity contribution in [3.8, 4) is 0 Å². The summed E-state index contributed by atoms with van der Waals surface area (Å²) < 4.78 is 23.0. The molecule has 0 aliphatic heterocycles. The average molecular weight is 261 g/mol. The van der Waals surface area contributed by atoms with Crippen molar-refractivity contribution in [2.24, 2.45) is 5.41 Å². The first-order valence-corrected chi connectivity index (χ1v) is 7.95. The number of nitrogens with one attached hydrogen (secondary N) is 1. The summed E-state index contributed by atoms with van der Waals surface area (Å²) in [6.45, 7) is 14.6. The highest BCUT2D eigenvalue weighted by molar-refractivity contribution is 7.91. The van der Waals surface area contributed by atoms with Gasteiger partial charge in [0.25, 0.3) is 0 Å². The van der Waals surface area contributed by atoms with Gasteiger partial charge < -0.3 is 5.32 Å². The minimum Gasteiger partial charge on any atom is -0.311 e. The maximum atomic E-state index is 11.5. The quantitative estimate of drug-likeness (QED) is 0.716. The van der Waals surface area contributed by atoms with Gasteiger partial charge in [-0.25, -0.2) is 8.42 Å². The molecule has 1 N–H and O–H groups in total. The summed E-state index contributed by atoms with van der Waals surface area (Å²) in [4.78, 5) is 0. The van der Waals surface area contributed by atoms with Crippen LogP contribution in [0.2, 0.25) is 0 Å². The first-order chi connectivity index (χ1) is 7.54. The minimum absolute atomic E-state index is 0.0356. The van der Waals surface area contributed by atoms with E-state index in [2.05, 4.69) is 32.7 Å². The lowest BCUT2D eigenvalue weighted by Crippen LogP contribution is -2.42. The average Bonchev–Trinajstić information content (AvgIpc) is 2.23. The molecule has 0 spiro atoms. The third kappa shape index (κ3) is 7.55. The van der Waals surface area contributed by atoms with Crippen molar-refractivity contribution in [2.75, 3.05) is 18.1 Å². The predicted molar refractivity (Wildman–Crippen MR) is 75.0 cm³/mol. The Labute approximate surface area is 107 Å². The molecule has 0 bridgehead atoms. The van der Waals surface area contributed by atoms with Gasteiger partial charge >= 0.3 is 0 Å². The normalized spacial score (nSPS) is 16.5. The third-order valence-corrected chi connectivity index (χ3v) is 4.65. The molecule has 0 aromatic rings. The lowest BCUT2D eigenvalue weighted by Gasteiger charge is -2.31. The van der Waals surface area contributed by atoms with E-state index >= 15 is 0 Å². The van der Waals surface area contributed by atoms with Crippen LogP contribution < -0.4 is 5.32 Å². The first-order valence-electron chi connectivity index (χ1n) is 6.13. The van der Waals surface area contributed by atoms with Gasteiger partial charge in [-0.2, -0.15) is 0 Å². The molecule has 0 fully saturated rings. The van der Waals surface area contributed by atoms with E-state index in [0.717, 1.165) is 6.54 Å². The molecule has 3 nitrogen and oxygen atoms in total. The van der Waals surface area contributed by atoms with Gasteiger partial charge in [-0.1, -0.05) is 19.9 Å². The molecule has 1 atom stereocenters. The molecule has 1 unspecified atom stereocenters. The molecule has 0 radical (unpaired) electrons. The van der Waals surface area contributed by atoms with Crippen molar-refractivity contribution < 1.29 is 8.42 Å². The van der Waals surface area contributed by atoms with E-state index < -0.39 is 9.84 Å². The van der Waals surface area contributed by atoms with E-state index in [1.807, 2.05) is 13.0 Å². The number of sulfone groups is 1. The van der Waals surface area contributed by atoms with Gasteiger partial charge in [0.2, 0.25) is 0 Å². The van der Waals surface area contributed by atoms with Gasteiger partial charge in [-0.05, 0) is 32.6 Å². The molecule has 0 rings (SSSR count). The Balaban J connectivity index is 4.44. The third-order valence-electron chi connectivity index (χ3n) is 2.94. The van der Waals surface area contributed by atoms with Crippen molar-refractivity contribution in [3.05, 3.63) is 12.7 Å². The zero-order valence-electron chi connectivity index (χ0n) is 11.8. The molecule has 0 heterocycles. The Bertz CT molecular complexity index is 341. The minimum atomic E-state index is -2.89. The molecule has 0 amide bonds. The van der Waals surface area contributed by atoms with E-state index in [0.29, 0.717) is 6.42 Å². The summed E-state index contributed by atoms with van der Waals surface area (Å²) in [5, 5.41) is 3.40. The summed E-state index contributed by atoms with van der Waals surface area (Å²) in [6, 6.07) is 0. The highest BCUT2D eigenvalue weighted by Gasteiger charge is 2.24. The first kappa shape index (κ1) is 16.6. The van der Waals surface area contributed by atoms with Gasteiger partial charge in [-0.3, -0.25) is 0 Å². The molecule has 17 heavy (non-hydrogen) atoms. The highest BCUT2D eigenvalue weighted by Crippen LogP contribution is 2.23. The lowest BCUT2D eigenvalue weighted by atomic mass is 9.87. The summed E-state index contributed by atoms with van der Waals surface area (Å²) in [5.74, 6) is 0.449. The molecule has 0 aromatic heterocycles. The van der Waals surface area contributed by atoms with Crippen molar-refractivity contribution in [1.29, 1.82) is 0 Å². The van der Waals surface area contributed by atoms with Crippen LogP contribution in [0.3, 0.4) is 0 Å². The molecular formula is C13H27NO2S. The number of hydrogen-bond acceptors (Lipinski definition) is 3. The second-order valence-corrected chi connectivity index (χ2v) is 8.42. The maximum Gasteiger partial charge on any atom is 0.150 e. The van der Waals surface area contributed by atoms with Crippen molar-refractivity contribution >= 4 is 9.84 Å². The molecule has 0 saturated heterocycles. The van der Waals surface area contributed by atoms with Gasteiger partial charge in [0.1, 0.15) is 9.84 Å². The molecule has 4 heteroatoms. The van der Waals surface area contributed by atoms with E-state index in [-0.39, 0.29) is 22.5 Å². The van der Waals surface area contributed by atoms with E-state index in [9.17, 15) is 8.42 Å².